The molecule has 0 amide bonds. The van der Waals surface area contributed by atoms with E-state index < -0.39 is 0 Å². The SMILES string of the molecule is Br.Br.Br.Br.CCCCNCCCNCCCNCCCN. The van der Waals surface area contributed by atoms with E-state index in [4.69, 9.17) is 5.73 Å². The van der Waals surface area contributed by atoms with Gasteiger partial charge in [0.15, 0.2) is 0 Å². The molecule has 0 aromatic rings. The van der Waals surface area contributed by atoms with Crippen molar-refractivity contribution in [2.24, 2.45) is 5.73 Å². The van der Waals surface area contributed by atoms with Crippen LogP contribution in [-0.2, 0) is 0 Å². The monoisotopic (exact) mass is 564 g/mol. The van der Waals surface area contributed by atoms with Crippen LogP contribution in [0.3, 0.4) is 0 Å². The first-order valence-electron chi connectivity index (χ1n) is 7.24. The molecule has 0 aromatic heterocycles. The van der Waals surface area contributed by atoms with Crippen LogP contribution in [-0.4, -0.2) is 45.8 Å². The van der Waals surface area contributed by atoms with E-state index in [1.165, 1.54) is 32.2 Å². The summed E-state index contributed by atoms with van der Waals surface area (Å²) < 4.78 is 0. The maximum Gasteiger partial charge on any atom is -0.00368 e. The van der Waals surface area contributed by atoms with Crippen LogP contribution in [0, 0.1) is 0 Å². The number of nitrogens with two attached hydrogens (primary N) is 1. The van der Waals surface area contributed by atoms with Crippen molar-refractivity contribution in [2.75, 3.05) is 45.8 Å². The largest absolute Gasteiger partial charge is 0.330 e. The second kappa shape index (κ2) is 33.4. The summed E-state index contributed by atoms with van der Waals surface area (Å²) in [5, 5.41) is 10.3. The van der Waals surface area contributed by atoms with Crippen molar-refractivity contribution >= 4 is 67.9 Å². The minimum absolute atomic E-state index is 0. The van der Waals surface area contributed by atoms with Gasteiger partial charge in [-0.1, -0.05) is 13.3 Å². The Kier molecular flexibility index (Phi) is 54.3. The number of nitrogens with one attached hydrogen (secondary N) is 3. The number of unbranched alkanes of at least 4 members (excludes halogenated alkanes) is 1. The Morgan fingerprint density at radius 2 is 0.905 bits per heavy atom. The van der Waals surface area contributed by atoms with Gasteiger partial charge in [0.05, 0.1) is 0 Å². The summed E-state index contributed by atoms with van der Waals surface area (Å²) in [6.45, 7) is 9.72. The number of rotatable bonds is 14. The molecular weight excluding hydrogens is 532 g/mol. The number of hydrogen-bond donors (Lipinski definition) is 4. The second-order valence-electron chi connectivity index (χ2n) is 4.45. The first kappa shape index (κ1) is 34.2. The van der Waals surface area contributed by atoms with E-state index in [-0.39, 0.29) is 67.9 Å². The molecule has 0 aliphatic heterocycles. The Labute approximate surface area is 173 Å². The maximum absolute atomic E-state index is 5.41. The standard InChI is InChI=1S/C13H32N4.4BrH/c1-2-3-8-15-10-5-12-17-13-6-11-16-9-4-7-14;;;;/h15-17H,2-14H2,1H3;4*1H. The van der Waals surface area contributed by atoms with E-state index in [0.29, 0.717) is 0 Å². The van der Waals surface area contributed by atoms with Gasteiger partial charge in [-0.15, -0.1) is 67.9 Å². The summed E-state index contributed by atoms with van der Waals surface area (Å²) in [5.74, 6) is 0. The molecule has 0 spiro atoms. The normalized spacial score (nSPS) is 8.86. The fourth-order valence-electron chi connectivity index (χ4n) is 1.58. The number of halogens is 4. The molecule has 0 unspecified atom stereocenters. The second-order valence-corrected chi connectivity index (χ2v) is 4.45. The predicted molar refractivity (Wildman–Crippen MR) is 118 cm³/mol. The zero-order valence-corrected chi connectivity index (χ0v) is 20.0. The lowest BCUT2D eigenvalue weighted by atomic mass is 10.3. The molecule has 0 bridgehead atoms. The van der Waals surface area contributed by atoms with E-state index in [9.17, 15) is 0 Å². The van der Waals surface area contributed by atoms with E-state index in [1.807, 2.05) is 0 Å². The van der Waals surface area contributed by atoms with Crippen molar-refractivity contribution in [2.45, 2.75) is 39.0 Å². The Balaban J connectivity index is -0.000000213. The first-order chi connectivity index (χ1) is 8.41. The third-order valence-corrected chi connectivity index (χ3v) is 2.68. The van der Waals surface area contributed by atoms with Gasteiger partial charge in [0.2, 0.25) is 0 Å². The van der Waals surface area contributed by atoms with Gasteiger partial charge in [-0.2, -0.15) is 0 Å². The van der Waals surface area contributed by atoms with E-state index in [2.05, 4.69) is 22.9 Å². The zero-order chi connectivity index (χ0) is 12.6. The van der Waals surface area contributed by atoms with Crippen molar-refractivity contribution in [1.82, 2.24) is 16.0 Å². The number of hydrogen-bond acceptors (Lipinski definition) is 4. The summed E-state index contributed by atoms with van der Waals surface area (Å²) in [6.07, 6.45) is 6.08. The van der Waals surface area contributed by atoms with Gasteiger partial charge in [-0.3, -0.25) is 0 Å². The van der Waals surface area contributed by atoms with Crippen LogP contribution >= 0.6 is 67.9 Å². The van der Waals surface area contributed by atoms with Gasteiger partial charge in [0.1, 0.15) is 0 Å². The van der Waals surface area contributed by atoms with Crippen LogP contribution in [0.5, 0.6) is 0 Å². The van der Waals surface area contributed by atoms with Crippen molar-refractivity contribution in [3.8, 4) is 0 Å². The van der Waals surface area contributed by atoms with Crippen LogP contribution in [0.15, 0.2) is 0 Å². The predicted octanol–water partition coefficient (Wildman–Crippen LogP) is 3.00. The van der Waals surface area contributed by atoms with E-state index in [1.54, 1.807) is 0 Å². The van der Waals surface area contributed by atoms with Crippen LogP contribution in [0.2, 0.25) is 0 Å². The molecule has 0 aromatic carbocycles. The maximum atomic E-state index is 5.41. The van der Waals surface area contributed by atoms with Crippen LogP contribution in [0.1, 0.15) is 39.0 Å². The summed E-state index contributed by atoms with van der Waals surface area (Å²) in [6, 6.07) is 0. The van der Waals surface area contributed by atoms with Gasteiger partial charge >= 0.3 is 0 Å². The molecule has 0 radical (unpaired) electrons. The Bertz CT molecular complexity index is 131. The van der Waals surface area contributed by atoms with E-state index >= 15 is 0 Å². The first-order valence-corrected chi connectivity index (χ1v) is 7.24. The molecule has 0 aliphatic carbocycles. The van der Waals surface area contributed by atoms with Crippen molar-refractivity contribution in [3.63, 3.8) is 0 Å². The zero-order valence-electron chi connectivity index (χ0n) is 13.2. The molecule has 5 N–H and O–H groups in total. The lowest BCUT2D eigenvalue weighted by Crippen LogP contribution is -2.26. The molecule has 0 atom stereocenters. The molecule has 0 rings (SSSR count). The molecule has 8 heteroatoms. The summed E-state index contributed by atoms with van der Waals surface area (Å²) >= 11 is 0. The Morgan fingerprint density at radius 3 is 1.24 bits per heavy atom. The average Bonchev–Trinajstić information content (AvgIpc) is 2.35. The van der Waals surface area contributed by atoms with Crippen molar-refractivity contribution < 1.29 is 0 Å². The molecular formula is C13H36Br4N4. The highest BCUT2D eigenvalue weighted by Crippen LogP contribution is 1.83. The third-order valence-electron chi connectivity index (χ3n) is 2.68. The van der Waals surface area contributed by atoms with Gasteiger partial charge in [-0.05, 0) is 71.5 Å². The topological polar surface area (TPSA) is 62.1 Å². The quantitative estimate of drug-likeness (QED) is 0.244. The minimum atomic E-state index is 0. The Morgan fingerprint density at radius 1 is 0.571 bits per heavy atom. The summed E-state index contributed by atoms with van der Waals surface area (Å²) in [4.78, 5) is 0. The fourth-order valence-corrected chi connectivity index (χ4v) is 1.58. The lowest BCUT2D eigenvalue weighted by molar-refractivity contribution is 0.556. The van der Waals surface area contributed by atoms with Crippen LogP contribution in [0.25, 0.3) is 0 Å². The molecule has 0 aliphatic rings. The molecule has 0 saturated heterocycles. The van der Waals surface area contributed by atoms with Gasteiger partial charge < -0.3 is 21.7 Å². The van der Waals surface area contributed by atoms with E-state index in [0.717, 1.165) is 45.7 Å². The fraction of sp³-hybridized carbons (Fsp3) is 1.00. The molecule has 4 nitrogen and oxygen atoms in total. The highest BCUT2D eigenvalue weighted by molar-refractivity contribution is 8.93. The Hall–Kier alpha value is 1.76. The molecule has 0 saturated carbocycles. The molecule has 0 heterocycles. The average molecular weight is 568 g/mol. The van der Waals surface area contributed by atoms with Crippen molar-refractivity contribution in [3.05, 3.63) is 0 Å². The smallest absolute Gasteiger partial charge is 0.00368 e. The minimum Gasteiger partial charge on any atom is -0.330 e. The molecule has 21 heavy (non-hydrogen) atoms. The summed E-state index contributed by atoms with van der Waals surface area (Å²) in [7, 11) is 0. The van der Waals surface area contributed by atoms with Gasteiger partial charge in [-0.25, -0.2) is 0 Å². The van der Waals surface area contributed by atoms with Crippen LogP contribution < -0.4 is 21.7 Å². The summed E-state index contributed by atoms with van der Waals surface area (Å²) in [5.41, 5.74) is 5.41. The lowest BCUT2D eigenvalue weighted by Gasteiger charge is -2.06. The third kappa shape index (κ3) is 34.2. The highest BCUT2D eigenvalue weighted by Gasteiger charge is 1.90. The highest BCUT2D eigenvalue weighted by atomic mass is 79.9. The van der Waals surface area contributed by atoms with Gasteiger partial charge in [0.25, 0.3) is 0 Å². The molecule has 136 valence electrons. The van der Waals surface area contributed by atoms with Crippen LogP contribution in [0.4, 0.5) is 0 Å². The van der Waals surface area contributed by atoms with Gasteiger partial charge in [0, 0.05) is 0 Å². The van der Waals surface area contributed by atoms with Crippen molar-refractivity contribution in [1.29, 1.82) is 0 Å². The molecule has 0 fully saturated rings.